The number of likely N-dealkylation sites (tertiary alicyclic amines) is 2. The van der Waals surface area contributed by atoms with E-state index in [2.05, 4.69) is 26.9 Å². The van der Waals surface area contributed by atoms with Crippen molar-refractivity contribution in [3.05, 3.63) is 30.1 Å². The lowest BCUT2D eigenvalue weighted by molar-refractivity contribution is 0.0783. The van der Waals surface area contributed by atoms with Gasteiger partial charge in [0.1, 0.15) is 0 Å². The van der Waals surface area contributed by atoms with Crippen LogP contribution in [0.4, 0.5) is 0 Å². The molecule has 22 heavy (non-hydrogen) atoms. The highest BCUT2D eigenvalue weighted by Crippen LogP contribution is 2.40. The number of rotatable bonds is 3. The second-order valence-corrected chi connectivity index (χ2v) is 7.37. The summed E-state index contributed by atoms with van der Waals surface area (Å²) in [6.07, 6.45) is 7.24. The lowest BCUT2D eigenvalue weighted by Gasteiger charge is -2.40. The number of ether oxygens (including phenoxy) is 1. The molecule has 1 spiro atoms. The van der Waals surface area contributed by atoms with Crippen LogP contribution in [0.25, 0.3) is 0 Å². The summed E-state index contributed by atoms with van der Waals surface area (Å²) in [5.41, 5.74) is 1.73. The molecule has 4 heteroatoms. The maximum atomic E-state index is 5.59. The minimum Gasteiger partial charge on any atom is -0.380 e. The summed E-state index contributed by atoms with van der Waals surface area (Å²) in [4.78, 5) is 9.83. The van der Waals surface area contributed by atoms with Crippen LogP contribution in [0.5, 0.6) is 0 Å². The molecule has 4 nitrogen and oxygen atoms in total. The summed E-state index contributed by atoms with van der Waals surface area (Å²) < 4.78 is 5.59. The van der Waals surface area contributed by atoms with E-state index in [4.69, 9.17) is 4.74 Å². The van der Waals surface area contributed by atoms with Gasteiger partial charge in [0.2, 0.25) is 0 Å². The highest BCUT2D eigenvalue weighted by molar-refractivity contribution is 5.04. The minimum atomic E-state index is 0.523. The van der Waals surface area contributed by atoms with Gasteiger partial charge in [-0.1, -0.05) is 6.07 Å². The van der Waals surface area contributed by atoms with Gasteiger partial charge in [0, 0.05) is 38.5 Å². The fourth-order valence-electron chi connectivity index (χ4n) is 4.59. The Balaban J connectivity index is 1.38. The number of nitrogens with zero attached hydrogens (tertiary/aromatic N) is 3. The Morgan fingerprint density at radius 1 is 1.23 bits per heavy atom. The van der Waals surface area contributed by atoms with Crippen LogP contribution in [0.15, 0.2) is 24.4 Å². The number of piperidine rings is 1. The Labute approximate surface area is 133 Å². The monoisotopic (exact) mass is 301 g/mol. The van der Waals surface area contributed by atoms with Crippen LogP contribution in [0.1, 0.15) is 31.4 Å². The van der Waals surface area contributed by atoms with Gasteiger partial charge in [-0.25, -0.2) is 0 Å². The largest absolute Gasteiger partial charge is 0.380 e. The highest BCUT2D eigenvalue weighted by Gasteiger charge is 2.43. The first-order valence-corrected chi connectivity index (χ1v) is 8.77. The van der Waals surface area contributed by atoms with Crippen LogP contribution < -0.4 is 0 Å². The fraction of sp³-hybridized carbons (Fsp3) is 0.722. The van der Waals surface area contributed by atoms with Gasteiger partial charge in [-0.15, -0.1) is 0 Å². The Hall–Kier alpha value is -0.970. The molecule has 0 unspecified atom stereocenters. The Bertz CT molecular complexity index is 488. The molecule has 4 heterocycles. The first-order valence-electron chi connectivity index (χ1n) is 8.77. The molecule has 0 radical (unpaired) electrons. The summed E-state index contributed by atoms with van der Waals surface area (Å²) in [6, 6.07) is 6.93. The molecule has 0 N–H and O–H groups in total. The molecular formula is C18H27N3O. The molecule has 3 aliphatic heterocycles. The summed E-state index contributed by atoms with van der Waals surface area (Å²) in [5.74, 6) is 0. The van der Waals surface area contributed by atoms with Crippen molar-refractivity contribution in [2.75, 3.05) is 39.4 Å². The van der Waals surface area contributed by atoms with Crippen molar-refractivity contribution in [3.8, 4) is 0 Å². The summed E-state index contributed by atoms with van der Waals surface area (Å²) in [7, 11) is 0. The molecule has 0 amide bonds. The maximum Gasteiger partial charge on any atom is 0.0622 e. The van der Waals surface area contributed by atoms with Crippen LogP contribution in [0.2, 0.25) is 0 Å². The van der Waals surface area contributed by atoms with E-state index in [9.17, 15) is 0 Å². The molecule has 0 aromatic carbocycles. The fourth-order valence-corrected chi connectivity index (χ4v) is 4.59. The average Bonchev–Trinajstić information content (AvgIpc) is 3.19. The van der Waals surface area contributed by atoms with Gasteiger partial charge in [0.05, 0.1) is 12.3 Å². The van der Waals surface area contributed by atoms with Crippen molar-refractivity contribution in [2.45, 2.75) is 38.3 Å². The van der Waals surface area contributed by atoms with Crippen molar-refractivity contribution in [1.82, 2.24) is 14.8 Å². The van der Waals surface area contributed by atoms with E-state index < -0.39 is 0 Å². The first kappa shape index (κ1) is 14.6. The standard InChI is InChI=1S/C18H27N3O/c1-2-8-19-16(4-1)12-20-9-3-6-18(14-20)7-10-21(15-18)17-5-11-22-13-17/h1-2,4,8,17H,3,5-7,9-15H2/t17-,18+/m0/s1. The number of hydrogen-bond donors (Lipinski definition) is 0. The summed E-state index contributed by atoms with van der Waals surface area (Å²) in [6.45, 7) is 7.94. The van der Waals surface area contributed by atoms with Gasteiger partial charge in [0.15, 0.2) is 0 Å². The van der Waals surface area contributed by atoms with Gasteiger partial charge in [-0.05, 0) is 56.3 Å². The van der Waals surface area contributed by atoms with Crippen molar-refractivity contribution in [1.29, 1.82) is 0 Å². The van der Waals surface area contributed by atoms with E-state index in [1.54, 1.807) is 0 Å². The molecule has 0 saturated carbocycles. The van der Waals surface area contributed by atoms with E-state index in [-0.39, 0.29) is 0 Å². The topological polar surface area (TPSA) is 28.6 Å². The SMILES string of the molecule is c1ccc(CN2CCC[C@@]3(CCN([C@H]4CCOC4)C3)C2)nc1. The van der Waals surface area contributed by atoms with E-state index in [0.29, 0.717) is 11.5 Å². The quantitative estimate of drug-likeness (QED) is 0.855. The zero-order valence-corrected chi connectivity index (χ0v) is 13.4. The molecule has 3 fully saturated rings. The molecule has 3 aliphatic rings. The first-order chi connectivity index (χ1) is 10.8. The van der Waals surface area contributed by atoms with Crippen molar-refractivity contribution < 1.29 is 4.74 Å². The van der Waals surface area contributed by atoms with Crippen molar-refractivity contribution >= 4 is 0 Å². The Morgan fingerprint density at radius 2 is 2.23 bits per heavy atom. The van der Waals surface area contributed by atoms with Crippen molar-refractivity contribution in [3.63, 3.8) is 0 Å². The predicted molar refractivity (Wildman–Crippen MR) is 86.6 cm³/mol. The third kappa shape index (κ3) is 3.05. The lowest BCUT2D eigenvalue weighted by atomic mass is 9.79. The molecule has 3 saturated heterocycles. The maximum absolute atomic E-state index is 5.59. The van der Waals surface area contributed by atoms with Crippen LogP contribution in [-0.2, 0) is 11.3 Å². The average molecular weight is 301 g/mol. The molecule has 4 rings (SSSR count). The molecule has 120 valence electrons. The predicted octanol–water partition coefficient (Wildman–Crippen LogP) is 2.16. The van der Waals surface area contributed by atoms with E-state index >= 15 is 0 Å². The van der Waals surface area contributed by atoms with E-state index in [0.717, 1.165) is 19.8 Å². The van der Waals surface area contributed by atoms with E-state index in [1.165, 1.54) is 57.6 Å². The van der Waals surface area contributed by atoms with Gasteiger partial charge in [0.25, 0.3) is 0 Å². The zero-order chi connectivity index (χ0) is 14.8. The minimum absolute atomic E-state index is 0.523. The third-order valence-corrected chi connectivity index (χ3v) is 5.74. The molecule has 0 aliphatic carbocycles. The normalized spacial score (nSPS) is 33.7. The summed E-state index contributed by atoms with van der Waals surface area (Å²) in [5, 5.41) is 0. The van der Waals surface area contributed by atoms with Crippen LogP contribution >= 0.6 is 0 Å². The molecule has 1 aromatic rings. The number of pyridine rings is 1. The molecular weight excluding hydrogens is 274 g/mol. The number of aromatic nitrogens is 1. The van der Waals surface area contributed by atoms with Crippen LogP contribution in [-0.4, -0.2) is 60.2 Å². The van der Waals surface area contributed by atoms with Gasteiger partial charge < -0.3 is 4.74 Å². The third-order valence-electron chi connectivity index (χ3n) is 5.74. The zero-order valence-electron chi connectivity index (χ0n) is 13.4. The van der Waals surface area contributed by atoms with Gasteiger partial charge in [-0.2, -0.15) is 0 Å². The lowest BCUT2D eigenvalue weighted by Crippen LogP contribution is -2.45. The van der Waals surface area contributed by atoms with Crippen LogP contribution in [0, 0.1) is 5.41 Å². The molecule has 1 aromatic heterocycles. The molecule has 2 atom stereocenters. The van der Waals surface area contributed by atoms with E-state index in [1.807, 2.05) is 12.3 Å². The second kappa shape index (κ2) is 6.26. The number of hydrogen-bond acceptors (Lipinski definition) is 4. The smallest absolute Gasteiger partial charge is 0.0622 e. The summed E-state index contributed by atoms with van der Waals surface area (Å²) >= 11 is 0. The Kier molecular flexibility index (Phi) is 4.16. The second-order valence-electron chi connectivity index (χ2n) is 7.37. The van der Waals surface area contributed by atoms with Gasteiger partial charge >= 0.3 is 0 Å². The highest BCUT2D eigenvalue weighted by atomic mass is 16.5. The molecule has 0 bridgehead atoms. The Morgan fingerprint density at radius 3 is 3.05 bits per heavy atom. The van der Waals surface area contributed by atoms with Crippen LogP contribution in [0.3, 0.4) is 0 Å². The van der Waals surface area contributed by atoms with Crippen molar-refractivity contribution in [2.24, 2.45) is 5.41 Å². The van der Waals surface area contributed by atoms with Gasteiger partial charge in [-0.3, -0.25) is 14.8 Å².